The Kier molecular flexibility index (Phi) is 6.93. The van der Waals surface area contributed by atoms with Gasteiger partial charge in [-0.1, -0.05) is 116 Å². The van der Waals surface area contributed by atoms with Gasteiger partial charge in [-0.15, -0.1) is 0 Å². The van der Waals surface area contributed by atoms with E-state index in [0.717, 1.165) is 49.7 Å². The van der Waals surface area contributed by atoms with Crippen LogP contribution in [0.1, 0.15) is 11.1 Å². The van der Waals surface area contributed by atoms with Crippen molar-refractivity contribution in [1.82, 2.24) is 0 Å². The molecule has 0 heterocycles. The lowest BCUT2D eigenvalue weighted by molar-refractivity contribution is -0.128. The van der Waals surface area contributed by atoms with Crippen molar-refractivity contribution in [2.45, 2.75) is 0 Å². The molecule has 3 heteroatoms. The molecule has 0 radical (unpaired) electrons. The molecule has 0 fully saturated rings. The number of nitrogens with zero attached hydrogens (tertiary/aromatic N) is 1. The summed E-state index contributed by atoms with van der Waals surface area (Å²) >= 11 is 0. The first-order valence-corrected chi connectivity index (χ1v) is 13.2. The van der Waals surface area contributed by atoms with Crippen LogP contribution in [-0.4, -0.2) is 5.97 Å². The molecule has 0 unspecified atom stereocenters. The number of hydrogen-bond acceptors (Lipinski definition) is 3. The van der Waals surface area contributed by atoms with Gasteiger partial charge in [0.1, 0.15) is 5.75 Å². The second-order valence-corrected chi connectivity index (χ2v) is 9.39. The highest BCUT2D eigenvalue weighted by atomic mass is 16.5. The summed E-state index contributed by atoms with van der Waals surface area (Å²) in [5, 5.41) is 3.79. The number of benzene rings is 6. The minimum Gasteiger partial charge on any atom is -0.422 e. The van der Waals surface area contributed by atoms with E-state index in [1.54, 1.807) is 0 Å². The predicted octanol–water partition coefficient (Wildman–Crippen LogP) is 9.72. The molecule has 3 nitrogen and oxygen atoms in total. The zero-order chi connectivity index (χ0) is 27.3. The van der Waals surface area contributed by atoms with E-state index in [2.05, 4.69) is 109 Å². The molecular formula is C37H27NO2. The number of carbonyl (C=O) groups excluding carboxylic acids is 1. The van der Waals surface area contributed by atoms with Gasteiger partial charge in [-0.2, -0.15) is 0 Å². The zero-order valence-corrected chi connectivity index (χ0v) is 21.9. The summed E-state index contributed by atoms with van der Waals surface area (Å²) in [5.74, 6) is 0.0817. The fourth-order valence-corrected chi connectivity index (χ4v) is 5.07. The zero-order valence-electron chi connectivity index (χ0n) is 21.9. The van der Waals surface area contributed by atoms with Gasteiger partial charge in [-0.3, -0.25) is 0 Å². The molecular weight excluding hydrogens is 490 g/mol. The average Bonchev–Trinajstić information content (AvgIpc) is 3.02. The molecule has 0 spiro atoms. The number of hydrogen-bond donors (Lipinski definition) is 0. The van der Waals surface area contributed by atoms with E-state index in [4.69, 9.17) is 4.74 Å². The largest absolute Gasteiger partial charge is 0.422 e. The molecule has 0 N–H and O–H groups in total. The first kappa shape index (κ1) is 24.9. The summed E-state index contributed by atoms with van der Waals surface area (Å²) < 4.78 is 5.73. The number of rotatable bonds is 7. The van der Waals surface area contributed by atoms with E-state index in [1.165, 1.54) is 6.08 Å². The number of fused-ring (bicyclic) bond motifs is 2. The molecule has 0 bridgehead atoms. The van der Waals surface area contributed by atoms with Gasteiger partial charge in [-0.25, -0.2) is 4.79 Å². The molecule has 40 heavy (non-hydrogen) atoms. The van der Waals surface area contributed by atoms with Crippen molar-refractivity contribution in [1.29, 1.82) is 0 Å². The van der Waals surface area contributed by atoms with Gasteiger partial charge in [0.05, 0.1) is 0 Å². The quantitative estimate of drug-likeness (QED) is 0.0694. The van der Waals surface area contributed by atoms with E-state index < -0.39 is 5.97 Å². The third kappa shape index (κ3) is 4.89. The van der Waals surface area contributed by atoms with Crippen molar-refractivity contribution in [3.8, 4) is 5.75 Å². The maximum Gasteiger partial charge on any atom is 0.335 e. The van der Waals surface area contributed by atoms with Crippen LogP contribution in [0.5, 0.6) is 5.75 Å². The van der Waals surface area contributed by atoms with Crippen LogP contribution in [0, 0.1) is 0 Å². The summed E-state index contributed by atoms with van der Waals surface area (Å²) in [5.41, 5.74) is 5.45. The fourth-order valence-electron chi connectivity index (χ4n) is 5.07. The third-order valence-corrected chi connectivity index (χ3v) is 6.92. The molecule has 0 aliphatic carbocycles. The molecule has 6 aromatic carbocycles. The molecule has 0 saturated heterocycles. The normalized spacial score (nSPS) is 11.1. The van der Waals surface area contributed by atoms with Crippen LogP contribution in [0.2, 0.25) is 0 Å². The predicted molar refractivity (Wildman–Crippen MR) is 167 cm³/mol. The molecule has 0 aliphatic heterocycles. The smallest absolute Gasteiger partial charge is 0.335 e. The van der Waals surface area contributed by atoms with Crippen molar-refractivity contribution in [3.05, 3.63) is 157 Å². The standard InChI is InChI=1S/C37H27NO2/c1-2-36(39)40-37-34-19-11-9-17-31(34)33(32-18-10-12-20-35(32)37)26-23-27-21-24-30(25-22-27)38(28-13-5-3-6-14-28)29-15-7-4-8-16-29/h2-26H,1H2/b26-23+. The summed E-state index contributed by atoms with van der Waals surface area (Å²) in [6, 6.07) is 45.3. The highest BCUT2D eigenvalue weighted by molar-refractivity contribution is 6.13. The van der Waals surface area contributed by atoms with Crippen LogP contribution < -0.4 is 9.64 Å². The van der Waals surface area contributed by atoms with Gasteiger partial charge < -0.3 is 9.64 Å². The molecule has 0 aromatic heterocycles. The highest BCUT2D eigenvalue weighted by Gasteiger charge is 2.15. The first-order valence-electron chi connectivity index (χ1n) is 13.2. The number of anilines is 3. The Bertz CT molecular complexity index is 1740. The summed E-state index contributed by atoms with van der Waals surface area (Å²) in [6.45, 7) is 3.56. The lowest BCUT2D eigenvalue weighted by Crippen LogP contribution is -2.09. The van der Waals surface area contributed by atoms with E-state index >= 15 is 0 Å². The molecule has 0 amide bonds. The van der Waals surface area contributed by atoms with Crippen LogP contribution in [-0.2, 0) is 4.79 Å². The number of ether oxygens (including phenoxy) is 1. The van der Waals surface area contributed by atoms with E-state index in [-0.39, 0.29) is 0 Å². The third-order valence-electron chi connectivity index (χ3n) is 6.92. The van der Waals surface area contributed by atoms with Crippen LogP contribution in [0.4, 0.5) is 17.1 Å². The molecule has 0 aliphatic rings. The Morgan fingerprint density at radius 3 is 1.50 bits per heavy atom. The molecule has 6 aromatic rings. The molecule has 192 valence electrons. The van der Waals surface area contributed by atoms with E-state index in [1.807, 2.05) is 48.5 Å². The van der Waals surface area contributed by atoms with Gasteiger partial charge >= 0.3 is 5.97 Å². The summed E-state index contributed by atoms with van der Waals surface area (Å²) in [7, 11) is 0. The Balaban J connectivity index is 1.40. The van der Waals surface area contributed by atoms with Crippen molar-refractivity contribution >= 4 is 56.7 Å². The van der Waals surface area contributed by atoms with Gasteiger partial charge in [0.15, 0.2) is 0 Å². The second-order valence-electron chi connectivity index (χ2n) is 9.39. The van der Waals surface area contributed by atoms with Crippen molar-refractivity contribution in [3.63, 3.8) is 0 Å². The van der Waals surface area contributed by atoms with Crippen LogP contribution in [0.3, 0.4) is 0 Å². The van der Waals surface area contributed by atoms with Gasteiger partial charge in [0, 0.05) is 33.9 Å². The van der Waals surface area contributed by atoms with Crippen molar-refractivity contribution in [2.75, 3.05) is 4.90 Å². The first-order chi connectivity index (χ1) is 19.7. The highest BCUT2D eigenvalue weighted by Crippen LogP contribution is 2.39. The van der Waals surface area contributed by atoms with Crippen molar-refractivity contribution in [2.24, 2.45) is 0 Å². The van der Waals surface area contributed by atoms with Gasteiger partial charge in [-0.05, 0) is 58.3 Å². The number of esters is 1. The summed E-state index contributed by atoms with van der Waals surface area (Å²) in [6.07, 6.45) is 5.46. The summed E-state index contributed by atoms with van der Waals surface area (Å²) in [4.78, 5) is 14.4. The average molecular weight is 518 g/mol. The Morgan fingerprint density at radius 2 is 1.00 bits per heavy atom. The maximum absolute atomic E-state index is 12.2. The molecule has 6 rings (SSSR count). The maximum atomic E-state index is 12.2. The SMILES string of the molecule is C=CC(=O)Oc1c2ccccc2c(/C=C/c2ccc(N(c3ccccc3)c3ccccc3)cc2)c2ccccc12. The number of para-hydroxylation sites is 2. The van der Waals surface area contributed by atoms with Crippen LogP contribution in [0.15, 0.2) is 146 Å². The molecule has 0 atom stereocenters. The van der Waals surface area contributed by atoms with Crippen molar-refractivity contribution < 1.29 is 9.53 Å². The Hall–Kier alpha value is -5.41. The fraction of sp³-hybridized carbons (Fsp3) is 0. The van der Waals surface area contributed by atoms with Gasteiger partial charge in [0.2, 0.25) is 0 Å². The lowest BCUT2D eigenvalue weighted by Gasteiger charge is -2.25. The topological polar surface area (TPSA) is 29.5 Å². The van der Waals surface area contributed by atoms with Crippen LogP contribution in [0.25, 0.3) is 33.7 Å². The van der Waals surface area contributed by atoms with E-state index in [0.29, 0.717) is 5.75 Å². The van der Waals surface area contributed by atoms with Crippen LogP contribution >= 0.6 is 0 Å². The lowest BCUT2D eigenvalue weighted by atomic mass is 9.95. The Morgan fingerprint density at radius 1 is 0.550 bits per heavy atom. The minimum absolute atomic E-state index is 0.473. The molecule has 0 saturated carbocycles. The van der Waals surface area contributed by atoms with E-state index in [9.17, 15) is 4.79 Å². The Labute approximate surface area is 233 Å². The van der Waals surface area contributed by atoms with Gasteiger partial charge in [0.25, 0.3) is 0 Å². The second kappa shape index (κ2) is 11.1. The minimum atomic E-state index is -0.473. The monoisotopic (exact) mass is 517 g/mol. The number of carbonyl (C=O) groups is 1.